The van der Waals surface area contributed by atoms with Crippen molar-refractivity contribution >= 4 is 12.0 Å². The van der Waals surface area contributed by atoms with Crippen LogP contribution in [-0.2, 0) is 9.53 Å². The molecule has 6 heteroatoms. The van der Waals surface area contributed by atoms with E-state index in [9.17, 15) is 9.59 Å². The highest BCUT2D eigenvalue weighted by atomic mass is 16.5. The number of hydrogen-bond acceptors (Lipinski definition) is 3. The molecule has 6 nitrogen and oxygen atoms in total. The van der Waals surface area contributed by atoms with E-state index in [0.717, 1.165) is 19.4 Å². The summed E-state index contributed by atoms with van der Waals surface area (Å²) in [6.07, 6.45) is 2.45. The Balaban J connectivity index is 2.36. The van der Waals surface area contributed by atoms with Gasteiger partial charge in [-0.1, -0.05) is 6.92 Å². The van der Waals surface area contributed by atoms with Gasteiger partial charge in [-0.3, -0.25) is 0 Å². The third kappa shape index (κ3) is 4.18. The van der Waals surface area contributed by atoms with E-state index in [2.05, 4.69) is 5.32 Å². The van der Waals surface area contributed by atoms with Crippen LogP contribution < -0.4 is 5.32 Å². The molecule has 0 bridgehead atoms. The van der Waals surface area contributed by atoms with Crippen LogP contribution in [0.3, 0.4) is 0 Å². The predicted molar refractivity (Wildman–Crippen MR) is 66.4 cm³/mol. The number of hydrogen-bond donors (Lipinski definition) is 2. The van der Waals surface area contributed by atoms with Gasteiger partial charge in [-0.15, -0.1) is 0 Å². The molecule has 0 aliphatic carbocycles. The van der Waals surface area contributed by atoms with Crippen LogP contribution in [-0.4, -0.2) is 54.9 Å². The molecule has 1 aliphatic heterocycles. The van der Waals surface area contributed by atoms with Crippen LogP contribution in [0.25, 0.3) is 0 Å². The summed E-state index contributed by atoms with van der Waals surface area (Å²) < 4.78 is 5.32. The highest BCUT2D eigenvalue weighted by Gasteiger charge is 2.25. The first-order valence-corrected chi connectivity index (χ1v) is 6.37. The van der Waals surface area contributed by atoms with Crippen molar-refractivity contribution in [2.24, 2.45) is 5.92 Å². The number of carbonyl (C=O) groups excluding carboxylic acids is 1. The molecule has 18 heavy (non-hydrogen) atoms. The van der Waals surface area contributed by atoms with Crippen LogP contribution in [0.15, 0.2) is 0 Å². The maximum atomic E-state index is 11.8. The summed E-state index contributed by atoms with van der Waals surface area (Å²) in [4.78, 5) is 24.0. The molecule has 0 spiro atoms. The lowest BCUT2D eigenvalue weighted by molar-refractivity contribution is -0.141. The Morgan fingerprint density at radius 1 is 1.56 bits per heavy atom. The van der Waals surface area contributed by atoms with Crippen molar-refractivity contribution in [2.45, 2.75) is 32.2 Å². The first-order chi connectivity index (χ1) is 8.56. The van der Waals surface area contributed by atoms with Crippen LogP contribution in [0, 0.1) is 5.92 Å². The normalized spacial score (nSPS) is 21.1. The van der Waals surface area contributed by atoms with Crippen molar-refractivity contribution in [1.82, 2.24) is 10.2 Å². The van der Waals surface area contributed by atoms with Gasteiger partial charge < -0.3 is 20.1 Å². The van der Waals surface area contributed by atoms with Crippen molar-refractivity contribution in [3.05, 3.63) is 0 Å². The fraction of sp³-hybridized carbons (Fsp3) is 0.833. The summed E-state index contributed by atoms with van der Waals surface area (Å²) in [7, 11) is 1.51. The average molecular weight is 258 g/mol. The summed E-state index contributed by atoms with van der Waals surface area (Å²) in [6, 6.07) is -1.11. The fourth-order valence-corrected chi connectivity index (χ4v) is 2.08. The second kappa shape index (κ2) is 7.20. The zero-order valence-corrected chi connectivity index (χ0v) is 11.0. The molecule has 1 saturated heterocycles. The van der Waals surface area contributed by atoms with Crippen LogP contribution in [0.5, 0.6) is 0 Å². The van der Waals surface area contributed by atoms with Gasteiger partial charge >= 0.3 is 12.0 Å². The molecule has 0 saturated carbocycles. The first kappa shape index (κ1) is 14.8. The van der Waals surface area contributed by atoms with E-state index in [4.69, 9.17) is 9.84 Å². The Hall–Kier alpha value is -1.30. The molecule has 0 aromatic carbocycles. The summed E-state index contributed by atoms with van der Waals surface area (Å²) in [5, 5.41) is 11.7. The minimum absolute atomic E-state index is 0.334. The van der Waals surface area contributed by atoms with Gasteiger partial charge in [-0.05, 0) is 25.2 Å². The van der Waals surface area contributed by atoms with Crippen LogP contribution in [0.4, 0.5) is 4.79 Å². The van der Waals surface area contributed by atoms with E-state index in [1.807, 2.05) is 0 Å². The van der Waals surface area contributed by atoms with Crippen LogP contribution >= 0.6 is 0 Å². The van der Waals surface area contributed by atoms with Gasteiger partial charge in [0.15, 0.2) is 0 Å². The van der Waals surface area contributed by atoms with Crippen molar-refractivity contribution < 1.29 is 19.4 Å². The Morgan fingerprint density at radius 2 is 2.28 bits per heavy atom. The van der Waals surface area contributed by atoms with Crippen LogP contribution in [0.1, 0.15) is 26.2 Å². The summed E-state index contributed by atoms with van der Waals surface area (Å²) in [5.74, 6) is -0.642. The van der Waals surface area contributed by atoms with Gasteiger partial charge in [0, 0.05) is 20.2 Å². The number of urea groups is 1. The number of nitrogens with zero attached hydrogens (tertiary/aromatic N) is 1. The Morgan fingerprint density at radius 3 is 2.78 bits per heavy atom. The molecule has 2 atom stereocenters. The van der Waals surface area contributed by atoms with E-state index in [0.29, 0.717) is 25.5 Å². The molecule has 1 heterocycles. The quantitative estimate of drug-likeness (QED) is 0.768. The number of carboxylic acid groups (broad SMARTS) is 1. The molecule has 2 amide bonds. The maximum absolute atomic E-state index is 11.8. The van der Waals surface area contributed by atoms with Gasteiger partial charge in [-0.25, -0.2) is 9.59 Å². The highest BCUT2D eigenvalue weighted by Crippen LogP contribution is 2.12. The van der Waals surface area contributed by atoms with E-state index in [1.54, 1.807) is 6.92 Å². The molecule has 0 aromatic rings. The highest BCUT2D eigenvalue weighted by molar-refractivity contribution is 5.82. The Bertz CT molecular complexity index is 290. The topological polar surface area (TPSA) is 78.9 Å². The number of nitrogens with one attached hydrogen (secondary N) is 1. The smallest absolute Gasteiger partial charge is 0.326 e. The van der Waals surface area contributed by atoms with E-state index < -0.39 is 12.0 Å². The first-order valence-electron chi connectivity index (χ1n) is 6.37. The number of carbonyl (C=O) groups is 2. The summed E-state index contributed by atoms with van der Waals surface area (Å²) in [5.41, 5.74) is 0. The number of amides is 2. The lowest BCUT2D eigenvalue weighted by Gasteiger charge is -2.26. The van der Waals surface area contributed by atoms with E-state index >= 15 is 0 Å². The molecule has 1 fully saturated rings. The number of carboxylic acids is 1. The lowest BCUT2D eigenvalue weighted by Crippen LogP contribution is -2.48. The largest absolute Gasteiger partial charge is 0.480 e. The monoisotopic (exact) mass is 258 g/mol. The summed E-state index contributed by atoms with van der Waals surface area (Å²) in [6.45, 7) is 3.75. The minimum atomic E-state index is -0.976. The van der Waals surface area contributed by atoms with Gasteiger partial charge in [-0.2, -0.15) is 0 Å². The number of ether oxygens (including phenoxy) is 1. The molecular formula is C12H22N2O4. The molecule has 1 rings (SSSR count). The van der Waals surface area contributed by atoms with E-state index in [1.165, 1.54) is 11.9 Å². The van der Waals surface area contributed by atoms with Crippen molar-refractivity contribution in [1.29, 1.82) is 0 Å². The molecule has 0 aromatic heterocycles. The van der Waals surface area contributed by atoms with E-state index in [-0.39, 0.29) is 6.03 Å². The van der Waals surface area contributed by atoms with Gasteiger partial charge in [0.25, 0.3) is 0 Å². The third-order valence-corrected chi connectivity index (χ3v) is 3.26. The van der Waals surface area contributed by atoms with Crippen molar-refractivity contribution in [3.8, 4) is 0 Å². The van der Waals surface area contributed by atoms with Crippen LogP contribution in [0.2, 0.25) is 0 Å². The number of likely N-dealkylation sites (N-methyl/N-ethyl adjacent to an activating group) is 1. The Labute approximate surface area is 107 Å². The lowest BCUT2D eigenvalue weighted by atomic mass is 10.0. The third-order valence-electron chi connectivity index (χ3n) is 3.26. The van der Waals surface area contributed by atoms with Gasteiger partial charge in [0.2, 0.25) is 0 Å². The number of rotatable bonds is 5. The molecular weight excluding hydrogens is 236 g/mol. The average Bonchev–Trinajstić information content (AvgIpc) is 2.37. The SMILES string of the molecule is CCC(C(=O)O)N(C)C(=O)NCC1CCCOC1. The molecule has 2 N–H and O–H groups in total. The fourth-order valence-electron chi connectivity index (χ4n) is 2.08. The molecule has 0 radical (unpaired) electrons. The second-order valence-corrected chi connectivity index (χ2v) is 4.64. The molecule has 1 aliphatic rings. The Kier molecular flexibility index (Phi) is 5.91. The maximum Gasteiger partial charge on any atom is 0.326 e. The molecule has 104 valence electrons. The standard InChI is InChI=1S/C12H22N2O4/c1-3-10(11(15)16)14(2)12(17)13-7-9-5-4-6-18-8-9/h9-10H,3-8H2,1-2H3,(H,13,17)(H,15,16). The zero-order chi connectivity index (χ0) is 13.5. The van der Waals surface area contributed by atoms with Crippen molar-refractivity contribution in [3.63, 3.8) is 0 Å². The minimum Gasteiger partial charge on any atom is -0.480 e. The zero-order valence-electron chi connectivity index (χ0n) is 11.0. The van der Waals surface area contributed by atoms with Gasteiger partial charge in [0.05, 0.1) is 6.61 Å². The second-order valence-electron chi connectivity index (χ2n) is 4.64. The predicted octanol–water partition coefficient (Wildman–Crippen LogP) is 0.918. The summed E-state index contributed by atoms with van der Waals surface area (Å²) >= 11 is 0. The van der Waals surface area contributed by atoms with Gasteiger partial charge in [0.1, 0.15) is 6.04 Å². The van der Waals surface area contributed by atoms with Crippen molar-refractivity contribution in [2.75, 3.05) is 26.8 Å². The molecule has 2 unspecified atom stereocenters. The number of aliphatic carboxylic acids is 1.